The van der Waals surface area contributed by atoms with E-state index in [9.17, 15) is 9.59 Å². The van der Waals surface area contributed by atoms with Crippen LogP contribution in [0.5, 0.6) is 11.5 Å². The van der Waals surface area contributed by atoms with E-state index in [0.29, 0.717) is 39.6 Å². The van der Waals surface area contributed by atoms with Crippen LogP contribution in [0.2, 0.25) is 0 Å². The average molecular weight is 464 g/mol. The Balaban J connectivity index is 1.25. The number of hydrogen-bond acceptors (Lipinski definition) is 9. The first kappa shape index (κ1) is 21.7. The van der Waals surface area contributed by atoms with Gasteiger partial charge in [-0.3, -0.25) is 9.97 Å². The third kappa shape index (κ3) is 5.09. The molecule has 0 saturated heterocycles. The van der Waals surface area contributed by atoms with Crippen molar-refractivity contribution in [2.24, 2.45) is 0 Å². The molecule has 5 aromatic rings. The maximum atomic E-state index is 12.3. The summed E-state index contributed by atoms with van der Waals surface area (Å²) in [5, 5.41) is 4.01. The molecule has 0 radical (unpaired) electrons. The fraction of sp³-hybridized carbons (Fsp3) is 0. The van der Waals surface area contributed by atoms with Gasteiger partial charge in [-0.05, 0) is 60.7 Å². The summed E-state index contributed by atoms with van der Waals surface area (Å²) in [6.45, 7) is 0. The quantitative estimate of drug-likeness (QED) is 0.331. The van der Waals surface area contributed by atoms with E-state index < -0.39 is 11.9 Å². The Morgan fingerprint density at radius 2 is 1.17 bits per heavy atom. The first-order valence-corrected chi connectivity index (χ1v) is 10.4. The van der Waals surface area contributed by atoms with Gasteiger partial charge in [0.05, 0.1) is 23.5 Å². The van der Waals surface area contributed by atoms with Crippen molar-refractivity contribution < 1.29 is 23.6 Å². The summed E-state index contributed by atoms with van der Waals surface area (Å²) in [7, 11) is 0. The molecule has 0 aliphatic heterocycles. The van der Waals surface area contributed by atoms with Gasteiger partial charge in [-0.25, -0.2) is 9.59 Å². The van der Waals surface area contributed by atoms with Crippen LogP contribution < -0.4 is 9.47 Å². The second-order valence-electron chi connectivity index (χ2n) is 7.23. The summed E-state index contributed by atoms with van der Waals surface area (Å²) in [6, 6.07) is 19.9. The van der Waals surface area contributed by atoms with Crippen LogP contribution in [0.4, 0.5) is 0 Å². The minimum absolute atomic E-state index is 0.284. The predicted octanol–water partition coefficient (Wildman–Crippen LogP) is 4.63. The maximum absolute atomic E-state index is 12.3. The number of carbonyl (C=O) groups is 2. The molecule has 0 saturated carbocycles. The van der Waals surface area contributed by atoms with Crippen molar-refractivity contribution >= 4 is 11.9 Å². The van der Waals surface area contributed by atoms with Crippen LogP contribution in [0.3, 0.4) is 0 Å². The van der Waals surface area contributed by atoms with Gasteiger partial charge in [0, 0.05) is 23.5 Å². The van der Waals surface area contributed by atoms with Crippen molar-refractivity contribution in [1.29, 1.82) is 0 Å². The first-order chi connectivity index (χ1) is 17.2. The third-order valence-corrected chi connectivity index (χ3v) is 4.86. The molecule has 0 aliphatic carbocycles. The van der Waals surface area contributed by atoms with Crippen molar-refractivity contribution in [3.63, 3.8) is 0 Å². The molecule has 5 rings (SSSR count). The van der Waals surface area contributed by atoms with Crippen LogP contribution in [-0.4, -0.2) is 32.0 Å². The summed E-state index contributed by atoms with van der Waals surface area (Å²) in [5.74, 6) is 0.359. The van der Waals surface area contributed by atoms with Gasteiger partial charge in [0.1, 0.15) is 11.5 Å². The van der Waals surface area contributed by atoms with E-state index in [0.717, 1.165) is 0 Å². The highest BCUT2D eigenvalue weighted by molar-refractivity contribution is 5.92. The van der Waals surface area contributed by atoms with Gasteiger partial charge in [-0.15, -0.1) is 0 Å². The molecule has 0 amide bonds. The Kier molecular flexibility index (Phi) is 6.03. The fourth-order valence-corrected chi connectivity index (χ4v) is 3.11. The summed E-state index contributed by atoms with van der Waals surface area (Å²) in [4.78, 5) is 36.8. The maximum Gasteiger partial charge on any atom is 0.343 e. The monoisotopic (exact) mass is 464 g/mol. The van der Waals surface area contributed by atoms with Gasteiger partial charge in [0.2, 0.25) is 5.82 Å². The van der Waals surface area contributed by atoms with Crippen LogP contribution in [0.1, 0.15) is 20.7 Å². The number of hydrogen-bond donors (Lipinski definition) is 0. The lowest BCUT2D eigenvalue weighted by atomic mass is 10.1. The molecule has 35 heavy (non-hydrogen) atoms. The van der Waals surface area contributed by atoms with E-state index >= 15 is 0 Å². The van der Waals surface area contributed by atoms with Crippen molar-refractivity contribution in [2.75, 3.05) is 0 Å². The Morgan fingerprint density at radius 3 is 1.66 bits per heavy atom. The minimum Gasteiger partial charge on any atom is -0.421 e. The summed E-state index contributed by atoms with van der Waals surface area (Å²) in [6.07, 6.45) is 6.11. The van der Waals surface area contributed by atoms with Crippen molar-refractivity contribution in [3.8, 4) is 34.3 Å². The molecular formula is C26H16N4O5. The lowest BCUT2D eigenvalue weighted by molar-refractivity contribution is 0.0724. The lowest BCUT2D eigenvalue weighted by Crippen LogP contribution is -2.08. The smallest absolute Gasteiger partial charge is 0.343 e. The van der Waals surface area contributed by atoms with Crippen molar-refractivity contribution in [3.05, 3.63) is 109 Å². The van der Waals surface area contributed by atoms with E-state index in [2.05, 4.69) is 20.1 Å². The Bertz CT molecular complexity index is 1340. The highest BCUT2D eigenvalue weighted by atomic mass is 16.5. The number of benzene rings is 2. The van der Waals surface area contributed by atoms with E-state index in [1.165, 1.54) is 12.4 Å². The zero-order chi connectivity index (χ0) is 24.0. The summed E-state index contributed by atoms with van der Waals surface area (Å²) >= 11 is 0. The zero-order valence-corrected chi connectivity index (χ0v) is 18.1. The molecule has 0 fully saturated rings. The van der Waals surface area contributed by atoms with Crippen LogP contribution in [-0.2, 0) is 0 Å². The average Bonchev–Trinajstić information content (AvgIpc) is 3.40. The number of nitrogens with zero attached hydrogens (tertiary/aromatic N) is 4. The molecular weight excluding hydrogens is 448 g/mol. The minimum atomic E-state index is -0.502. The highest BCUT2D eigenvalue weighted by Gasteiger charge is 2.14. The van der Waals surface area contributed by atoms with Gasteiger partial charge in [0.25, 0.3) is 5.89 Å². The molecule has 0 spiro atoms. The van der Waals surface area contributed by atoms with E-state index in [4.69, 9.17) is 14.0 Å². The zero-order valence-electron chi connectivity index (χ0n) is 18.1. The van der Waals surface area contributed by atoms with Gasteiger partial charge in [0.15, 0.2) is 0 Å². The van der Waals surface area contributed by atoms with E-state index in [1.54, 1.807) is 85.2 Å². The number of rotatable bonds is 6. The molecule has 0 N–H and O–H groups in total. The highest BCUT2D eigenvalue weighted by Crippen LogP contribution is 2.23. The SMILES string of the molecule is O=C(Oc1cccnc1)c1ccc(-c2noc(-c3ccc(C(=O)Oc4cccnc4)cc3)n2)cc1. The first-order valence-electron chi connectivity index (χ1n) is 10.4. The summed E-state index contributed by atoms with van der Waals surface area (Å²) in [5.41, 5.74) is 2.04. The van der Waals surface area contributed by atoms with Crippen LogP contribution in [0.15, 0.2) is 102 Å². The van der Waals surface area contributed by atoms with Crippen molar-refractivity contribution in [1.82, 2.24) is 20.1 Å². The van der Waals surface area contributed by atoms with Gasteiger partial charge >= 0.3 is 11.9 Å². The molecule has 170 valence electrons. The van der Waals surface area contributed by atoms with Gasteiger partial charge < -0.3 is 14.0 Å². The molecule has 0 unspecified atom stereocenters. The van der Waals surface area contributed by atoms with Gasteiger partial charge in [-0.2, -0.15) is 4.98 Å². The van der Waals surface area contributed by atoms with Crippen LogP contribution >= 0.6 is 0 Å². The molecule has 0 atom stereocenters. The fourth-order valence-electron chi connectivity index (χ4n) is 3.11. The second-order valence-corrected chi connectivity index (χ2v) is 7.23. The molecule has 0 aliphatic rings. The standard InChI is InChI=1S/C26H16N4O5/c31-25(33-21-3-1-13-27-15-21)19-9-5-17(6-10-19)23-29-24(35-30-23)18-7-11-20(12-8-18)26(32)34-22-4-2-14-28-16-22/h1-16H. The van der Waals surface area contributed by atoms with Gasteiger partial charge in [-0.1, -0.05) is 17.3 Å². The normalized spacial score (nSPS) is 10.5. The Morgan fingerprint density at radius 1 is 0.657 bits per heavy atom. The molecule has 9 heteroatoms. The number of aromatic nitrogens is 4. The van der Waals surface area contributed by atoms with E-state index in [-0.39, 0.29) is 5.89 Å². The number of esters is 2. The largest absolute Gasteiger partial charge is 0.421 e. The third-order valence-electron chi connectivity index (χ3n) is 4.86. The predicted molar refractivity (Wildman–Crippen MR) is 124 cm³/mol. The van der Waals surface area contributed by atoms with Crippen LogP contribution in [0, 0.1) is 0 Å². The number of ether oxygens (including phenoxy) is 2. The molecule has 0 bridgehead atoms. The molecule has 3 aromatic heterocycles. The Hall–Kier alpha value is -5.18. The number of pyridine rings is 2. The topological polar surface area (TPSA) is 117 Å². The second kappa shape index (κ2) is 9.75. The number of carbonyl (C=O) groups excluding carboxylic acids is 2. The molecule has 3 heterocycles. The van der Waals surface area contributed by atoms with Crippen LogP contribution in [0.25, 0.3) is 22.8 Å². The molecule has 9 nitrogen and oxygen atoms in total. The summed E-state index contributed by atoms with van der Waals surface area (Å²) < 4.78 is 15.9. The molecule has 2 aromatic carbocycles. The van der Waals surface area contributed by atoms with Crippen molar-refractivity contribution in [2.45, 2.75) is 0 Å². The Labute approximate surface area is 199 Å². The van der Waals surface area contributed by atoms with E-state index in [1.807, 2.05) is 0 Å². The lowest BCUT2D eigenvalue weighted by Gasteiger charge is -2.04.